The molecule has 0 amide bonds. The fraction of sp³-hybridized carbons (Fsp3) is 0.792. The van der Waals surface area contributed by atoms with E-state index >= 15 is 0 Å². The van der Waals surface area contributed by atoms with Gasteiger partial charge < -0.3 is 60.4 Å². The van der Waals surface area contributed by atoms with Gasteiger partial charge in [-0.25, -0.2) is 4.79 Å². The van der Waals surface area contributed by atoms with Gasteiger partial charge in [-0.15, -0.1) is 6.58 Å². The number of rotatable bonds is 31. The highest BCUT2D eigenvalue weighted by Crippen LogP contribution is 2.49. The summed E-state index contributed by atoms with van der Waals surface area (Å²) in [6, 6.07) is 9.08. The molecule has 10 unspecified atom stereocenters. The molecule has 97 heavy (non-hydrogen) atoms. The smallest absolute Gasteiger partial charge is 0.338 e. The highest BCUT2D eigenvalue weighted by Gasteiger charge is 2.58. The van der Waals surface area contributed by atoms with Crippen LogP contribution in [-0.4, -0.2) is 171 Å². The van der Waals surface area contributed by atoms with Crippen molar-refractivity contribution in [2.45, 2.75) is 357 Å². The van der Waals surface area contributed by atoms with Gasteiger partial charge in [-0.05, 0) is 165 Å². The monoisotopic (exact) mass is 1440 g/mol. The Balaban J connectivity index is 1.36. The zero-order valence-corrected chi connectivity index (χ0v) is 71.0. The van der Waals surface area contributed by atoms with E-state index in [1.165, 1.54) is 7.11 Å². The molecular formula is C77H138O15Si5. The third kappa shape index (κ3) is 22.6. The third-order valence-corrected chi connectivity index (χ3v) is 46.4. The Morgan fingerprint density at radius 1 is 0.629 bits per heavy atom. The molecule has 1 N–H and O–H groups in total. The van der Waals surface area contributed by atoms with Gasteiger partial charge >= 0.3 is 11.9 Å². The first kappa shape index (κ1) is 85.4. The maximum atomic E-state index is 14.3. The molecule has 0 saturated carbocycles. The lowest BCUT2D eigenvalue weighted by Crippen LogP contribution is -2.68. The SMILES string of the molecule is C=CC[C@@H]1O[C@@H](C(/C=C/C(O)CCC2CC(=C)C(CC[C@H]3CC(C)C(=C)C(C[C@@H]4O[C@H](C[C@@H](CO[Si](C)(C)C(C)(C)C)O[Si](C)(C)C(C)(C)C)[C@H](OC)C4CC(=O)OC)O3)O2)O[Si](C)(C)C(C)(C)C)C(O[Si](C)(C)C(C)(C)C)C(O[Si](C)(C)C(C)(C)C)C1OC(=O)c1ccccc1. The number of carbonyl (C=O) groups is 2. The average molecular weight is 1440 g/mol. The fourth-order valence-electron chi connectivity index (χ4n) is 12.3. The molecule has 0 bridgehead atoms. The van der Waals surface area contributed by atoms with Crippen LogP contribution in [0.25, 0.3) is 0 Å². The highest BCUT2D eigenvalue weighted by atomic mass is 28.4. The molecule has 20 heteroatoms. The molecule has 4 aliphatic heterocycles. The largest absolute Gasteiger partial charge is 0.469 e. The Kier molecular flexibility index (Phi) is 29.7. The summed E-state index contributed by atoms with van der Waals surface area (Å²) in [5, 5.41) is 11.5. The number of aliphatic hydroxyl groups excluding tert-OH is 1. The second-order valence-electron chi connectivity index (χ2n) is 36.5. The van der Waals surface area contributed by atoms with Crippen LogP contribution >= 0.6 is 0 Å². The van der Waals surface area contributed by atoms with Crippen LogP contribution in [-0.2, 0) is 60.1 Å². The number of aliphatic hydroxyl groups is 1. The van der Waals surface area contributed by atoms with E-state index in [-0.39, 0.29) is 98.2 Å². The Morgan fingerprint density at radius 3 is 1.71 bits per heavy atom. The van der Waals surface area contributed by atoms with E-state index in [4.69, 9.17) is 55.3 Å². The number of benzene rings is 1. The Hall–Kier alpha value is -2.24. The highest BCUT2D eigenvalue weighted by molar-refractivity contribution is 6.76. The number of hydrogen-bond donors (Lipinski definition) is 1. The molecule has 0 aromatic heterocycles. The second-order valence-corrected chi connectivity index (χ2v) is 60.3. The average Bonchev–Trinajstić information content (AvgIpc) is 1.13. The molecule has 15 nitrogen and oxygen atoms in total. The topological polar surface area (TPSA) is 165 Å². The number of ether oxygens (including phenoxy) is 7. The van der Waals surface area contributed by atoms with Crippen molar-refractivity contribution in [3.63, 3.8) is 0 Å². The summed E-state index contributed by atoms with van der Waals surface area (Å²) >= 11 is 0. The van der Waals surface area contributed by atoms with Gasteiger partial charge in [0.2, 0.25) is 0 Å². The summed E-state index contributed by atoms with van der Waals surface area (Å²) in [5.41, 5.74) is 2.51. The van der Waals surface area contributed by atoms with Gasteiger partial charge in [0.15, 0.2) is 47.7 Å². The first-order valence-corrected chi connectivity index (χ1v) is 51.0. The van der Waals surface area contributed by atoms with E-state index in [1.54, 1.807) is 19.2 Å². The fourth-order valence-corrected chi connectivity index (χ4v) is 18.5. The Morgan fingerprint density at radius 2 is 1.18 bits per heavy atom. The van der Waals surface area contributed by atoms with Crippen LogP contribution in [0.15, 0.2) is 79.4 Å². The third-order valence-electron chi connectivity index (χ3n) is 23.9. The van der Waals surface area contributed by atoms with Gasteiger partial charge in [0.05, 0.1) is 86.7 Å². The predicted octanol–water partition coefficient (Wildman–Crippen LogP) is 18.4. The number of carbonyl (C=O) groups excluding carboxylic acids is 2. The van der Waals surface area contributed by atoms with E-state index < -0.39 is 90.3 Å². The van der Waals surface area contributed by atoms with E-state index in [2.05, 4.69) is 196 Å². The van der Waals surface area contributed by atoms with Crippen LogP contribution < -0.4 is 0 Å². The molecule has 5 rings (SSSR count). The minimum Gasteiger partial charge on any atom is -0.469 e. The first-order chi connectivity index (χ1) is 44.3. The lowest BCUT2D eigenvalue weighted by Gasteiger charge is -2.54. The van der Waals surface area contributed by atoms with Crippen molar-refractivity contribution in [3.05, 3.63) is 85.0 Å². The van der Waals surface area contributed by atoms with Crippen LogP contribution in [0.5, 0.6) is 0 Å². The molecule has 17 atom stereocenters. The van der Waals surface area contributed by atoms with Crippen molar-refractivity contribution >= 4 is 53.5 Å². The van der Waals surface area contributed by atoms with E-state index in [0.29, 0.717) is 50.7 Å². The van der Waals surface area contributed by atoms with Crippen molar-refractivity contribution in [1.82, 2.24) is 0 Å². The van der Waals surface area contributed by atoms with Crippen molar-refractivity contribution in [2.24, 2.45) is 11.8 Å². The molecule has 4 aliphatic rings. The summed E-state index contributed by atoms with van der Waals surface area (Å²) in [5.74, 6) is -0.855. The van der Waals surface area contributed by atoms with Crippen LogP contribution in [0.1, 0.15) is 185 Å². The van der Waals surface area contributed by atoms with Crippen LogP contribution in [0.4, 0.5) is 0 Å². The van der Waals surface area contributed by atoms with Crippen molar-refractivity contribution in [1.29, 1.82) is 0 Å². The normalized spacial score (nSPS) is 28.8. The number of methoxy groups -OCH3 is 2. The molecule has 4 fully saturated rings. The maximum Gasteiger partial charge on any atom is 0.338 e. The van der Waals surface area contributed by atoms with Gasteiger partial charge in [-0.1, -0.05) is 160 Å². The molecule has 1 aromatic carbocycles. The number of hydrogen-bond acceptors (Lipinski definition) is 15. The minimum absolute atomic E-state index is 0.0189. The van der Waals surface area contributed by atoms with E-state index in [9.17, 15) is 14.7 Å². The second kappa shape index (κ2) is 33.7. The van der Waals surface area contributed by atoms with Gasteiger partial charge in [0, 0.05) is 25.9 Å². The summed E-state index contributed by atoms with van der Waals surface area (Å²) in [6.45, 7) is 72.0. The van der Waals surface area contributed by atoms with Crippen molar-refractivity contribution in [3.8, 4) is 0 Å². The lowest BCUT2D eigenvalue weighted by molar-refractivity contribution is -0.227. The molecule has 0 aliphatic carbocycles. The zero-order valence-electron chi connectivity index (χ0n) is 66.0. The standard InChI is InChI=1S/C77H138O15Si5/c1-32-36-61-68(88-72(80)54-37-34-33-35-38-54)70(91-96(28,29)76(14,15)16)71(92-97(30,31)77(17,18)19)69(87-61)62(90-95(26,27)75(11,12)13)43-40-55(78)39-41-56-46-52(3)60(84-56)44-42-57-45-51(2)53(4)63(85-57)49-64-59(48-66(79)81-20)67(82-21)65(86-64)47-58(89-94(24,25)74(8,9)10)50-83-93(22,23)73(5,6)7/h32-35,37-38,40,43,51,55-65,67-71,78H,1,3-4,36,39,41-42,44-50H2,2,5-31H3/b43-40+/t51?,55?,56?,57-,58-,59?,60?,61-,62?,63?,64-,65+,67+,68?,69-,70?,71?/m0/s1. The van der Waals surface area contributed by atoms with Crippen LogP contribution in [0, 0.1) is 11.8 Å². The summed E-state index contributed by atoms with van der Waals surface area (Å²) in [4.78, 5) is 27.5. The summed E-state index contributed by atoms with van der Waals surface area (Å²) < 4.78 is 83.4. The first-order valence-electron chi connectivity index (χ1n) is 36.5. The predicted molar refractivity (Wildman–Crippen MR) is 407 cm³/mol. The quantitative estimate of drug-likeness (QED) is 0.0424. The van der Waals surface area contributed by atoms with E-state index in [1.807, 2.05) is 36.4 Å². The zero-order chi connectivity index (χ0) is 73.6. The van der Waals surface area contributed by atoms with E-state index in [0.717, 1.165) is 30.4 Å². The number of esters is 2. The molecular weight excluding hydrogens is 1310 g/mol. The van der Waals surface area contributed by atoms with Gasteiger partial charge in [-0.2, -0.15) is 0 Å². The molecule has 1 aromatic rings. The molecule has 0 radical (unpaired) electrons. The van der Waals surface area contributed by atoms with Crippen molar-refractivity contribution in [2.75, 3.05) is 20.8 Å². The van der Waals surface area contributed by atoms with Crippen LogP contribution in [0.2, 0.25) is 90.7 Å². The summed E-state index contributed by atoms with van der Waals surface area (Å²) in [7, 11) is -9.10. The molecule has 0 spiro atoms. The molecule has 556 valence electrons. The summed E-state index contributed by atoms with van der Waals surface area (Å²) in [6.07, 6.45) is 4.17. The maximum absolute atomic E-state index is 14.3. The van der Waals surface area contributed by atoms with Crippen molar-refractivity contribution < 1.29 is 70.0 Å². The molecule has 4 saturated heterocycles. The minimum atomic E-state index is -2.65. The van der Waals surface area contributed by atoms with Gasteiger partial charge in [-0.3, -0.25) is 4.79 Å². The Bertz CT molecular complexity index is 2750. The van der Waals surface area contributed by atoms with Gasteiger partial charge in [0.1, 0.15) is 24.4 Å². The molecule has 4 heterocycles. The van der Waals surface area contributed by atoms with Gasteiger partial charge in [0.25, 0.3) is 0 Å². The van der Waals surface area contributed by atoms with Crippen LogP contribution in [0.3, 0.4) is 0 Å². The Labute approximate surface area is 595 Å². The lowest BCUT2D eigenvalue weighted by atomic mass is 9.82.